The highest BCUT2D eigenvalue weighted by Gasteiger charge is 2.26. The van der Waals surface area contributed by atoms with E-state index in [0.29, 0.717) is 25.6 Å². The van der Waals surface area contributed by atoms with Crippen molar-refractivity contribution in [2.24, 2.45) is 11.7 Å². The summed E-state index contributed by atoms with van der Waals surface area (Å²) in [6, 6.07) is 0. The van der Waals surface area contributed by atoms with Crippen LogP contribution >= 0.6 is 0 Å². The second-order valence-electron chi connectivity index (χ2n) is 5.03. The molecule has 1 aliphatic rings. The maximum Gasteiger partial charge on any atom is 0.211 e. The molecule has 2 N–H and O–H groups in total. The van der Waals surface area contributed by atoms with E-state index < -0.39 is 10.0 Å². The van der Waals surface area contributed by atoms with E-state index in [1.54, 1.807) is 4.31 Å². The van der Waals surface area contributed by atoms with Crippen molar-refractivity contribution in [2.75, 3.05) is 46.0 Å². The molecule has 0 aliphatic carbocycles. The van der Waals surface area contributed by atoms with E-state index >= 15 is 0 Å². The van der Waals surface area contributed by atoms with Gasteiger partial charge in [-0.15, -0.1) is 0 Å². The van der Waals surface area contributed by atoms with Crippen molar-refractivity contribution in [3.8, 4) is 0 Å². The SMILES string of the molecule is CN(CCCN)CC1CCCN(S(C)(=O)=O)C1. The maximum atomic E-state index is 11.5. The van der Waals surface area contributed by atoms with Gasteiger partial charge in [0.15, 0.2) is 0 Å². The zero-order valence-corrected chi connectivity index (χ0v) is 11.7. The van der Waals surface area contributed by atoms with Gasteiger partial charge in [0.25, 0.3) is 0 Å². The number of nitrogens with zero attached hydrogens (tertiary/aromatic N) is 2. The number of hydrogen-bond donors (Lipinski definition) is 1. The van der Waals surface area contributed by atoms with Crippen molar-refractivity contribution in [3.05, 3.63) is 0 Å². The predicted molar refractivity (Wildman–Crippen MR) is 70.3 cm³/mol. The van der Waals surface area contributed by atoms with Gasteiger partial charge in [0, 0.05) is 19.6 Å². The van der Waals surface area contributed by atoms with Crippen LogP contribution in [0.4, 0.5) is 0 Å². The lowest BCUT2D eigenvalue weighted by atomic mass is 9.99. The lowest BCUT2D eigenvalue weighted by Gasteiger charge is -2.33. The van der Waals surface area contributed by atoms with Gasteiger partial charge in [0.2, 0.25) is 10.0 Å². The van der Waals surface area contributed by atoms with Crippen molar-refractivity contribution in [2.45, 2.75) is 19.3 Å². The van der Waals surface area contributed by atoms with Gasteiger partial charge in [-0.1, -0.05) is 0 Å². The Kier molecular flexibility index (Phi) is 5.85. The molecule has 6 heteroatoms. The van der Waals surface area contributed by atoms with Gasteiger partial charge in [-0.2, -0.15) is 0 Å². The molecule has 0 bridgehead atoms. The minimum absolute atomic E-state index is 0.459. The van der Waals surface area contributed by atoms with E-state index in [1.165, 1.54) is 6.26 Å². The van der Waals surface area contributed by atoms with Gasteiger partial charge in [-0.25, -0.2) is 12.7 Å². The molecule has 1 rings (SSSR count). The number of rotatable bonds is 6. The third kappa shape index (κ3) is 5.33. The van der Waals surface area contributed by atoms with Crippen molar-refractivity contribution in [1.82, 2.24) is 9.21 Å². The van der Waals surface area contributed by atoms with Gasteiger partial charge >= 0.3 is 0 Å². The molecule has 1 unspecified atom stereocenters. The minimum atomic E-state index is -3.02. The normalized spacial score (nSPS) is 23.2. The molecule has 1 aliphatic heterocycles. The molecule has 17 heavy (non-hydrogen) atoms. The van der Waals surface area contributed by atoms with Gasteiger partial charge in [-0.05, 0) is 45.3 Å². The number of nitrogens with two attached hydrogens (primary N) is 1. The third-order valence-corrected chi connectivity index (χ3v) is 4.53. The predicted octanol–water partition coefficient (Wildman–Crippen LogP) is -0.0614. The van der Waals surface area contributed by atoms with Crippen molar-refractivity contribution in [1.29, 1.82) is 0 Å². The summed E-state index contributed by atoms with van der Waals surface area (Å²) in [5.74, 6) is 0.459. The summed E-state index contributed by atoms with van der Waals surface area (Å²) in [5, 5.41) is 0. The second-order valence-corrected chi connectivity index (χ2v) is 7.02. The molecule has 1 saturated heterocycles. The summed E-state index contributed by atoms with van der Waals surface area (Å²) < 4.78 is 24.6. The molecule has 0 aromatic carbocycles. The first kappa shape index (κ1) is 14.9. The Morgan fingerprint density at radius 2 is 2.18 bits per heavy atom. The quantitative estimate of drug-likeness (QED) is 0.729. The fourth-order valence-corrected chi connectivity index (χ4v) is 3.31. The molecule has 0 radical (unpaired) electrons. The third-order valence-electron chi connectivity index (χ3n) is 3.26. The average molecular weight is 263 g/mol. The van der Waals surface area contributed by atoms with Crippen LogP contribution < -0.4 is 5.73 Å². The van der Waals surface area contributed by atoms with Crippen LogP contribution in [0.3, 0.4) is 0 Å². The first-order chi connectivity index (χ1) is 7.93. The first-order valence-electron chi connectivity index (χ1n) is 6.27. The zero-order valence-electron chi connectivity index (χ0n) is 10.9. The van der Waals surface area contributed by atoms with E-state index in [2.05, 4.69) is 11.9 Å². The van der Waals surface area contributed by atoms with Crippen LogP contribution in [0.2, 0.25) is 0 Å². The summed E-state index contributed by atoms with van der Waals surface area (Å²) >= 11 is 0. The lowest BCUT2D eigenvalue weighted by Crippen LogP contribution is -2.42. The molecule has 1 fully saturated rings. The smallest absolute Gasteiger partial charge is 0.211 e. The van der Waals surface area contributed by atoms with Crippen LogP contribution in [-0.4, -0.2) is 63.7 Å². The summed E-state index contributed by atoms with van der Waals surface area (Å²) in [6.07, 6.45) is 4.40. The zero-order chi connectivity index (χ0) is 12.9. The van der Waals surface area contributed by atoms with Crippen LogP contribution in [0.1, 0.15) is 19.3 Å². The highest BCUT2D eigenvalue weighted by molar-refractivity contribution is 7.88. The molecule has 5 nitrogen and oxygen atoms in total. The van der Waals surface area contributed by atoms with Gasteiger partial charge < -0.3 is 10.6 Å². The van der Waals surface area contributed by atoms with E-state index in [4.69, 9.17) is 5.73 Å². The van der Waals surface area contributed by atoms with Crippen molar-refractivity contribution >= 4 is 10.0 Å². The van der Waals surface area contributed by atoms with Gasteiger partial charge in [-0.3, -0.25) is 0 Å². The van der Waals surface area contributed by atoms with Gasteiger partial charge in [0.05, 0.1) is 6.26 Å². The molecule has 0 saturated carbocycles. The van der Waals surface area contributed by atoms with E-state index in [0.717, 1.165) is 32.4 Å². The highest BCUT2D eigenvalue weighted by atomic mass is 32.2. The van der Waals surface area contributed by atoms with Crippen molar-refractivity contribution in [3.63, 3.8) is 0 Å². The Morgan fingerprint density at radius 3 is 2.76 bits per heavy atom. The number of hydrogen-bond acceptors (Lipinski definition) is 4. The minimum Gasteiger partial charge on any atom is -0.330 e. The Balaban J connectivity index is 2.39. The molecule has 0 spiro atoms. The highest BCUT2D eigenvalue weighted by Crippen LogP contribution is 2.19. The molecule has 0 amide bonds. The van der Waals surface area contributed by atoms with E-state index in [1.807, 2.05) is 0 Å². The van der Waals surface area contributed by atoms with Gasteiger partial charge in [0.1, 0.15) is 0 Å². The fourth-order valence-electron chi connectivity index (χ4n) is 2.37. The van der Waals surface area contributed by atoms with E-state index in [-0.39, 0.29) is 0 Å². The monoisotopic (exact) mass is 263 g/mol. The molecule has 1 heterocycles. The Hall–Kier alpha value is -0.170. The fraction of sp³-hybridized carbons (Fsp3) is 1.00. The molecule has 102 valence electrons. The van der Waals surface area contributed by atoms with Crippen LogP contribution in [0.15, 0.2) is 0 Å². The molecular weight excluding hydrogens is 238 g/mol. The van der Waals surface area contributed by atoms with Crippen LogP contribution in [0, 0.1) is 5.92 Å². The summed E-state index contributed by atoms with van der Waals surface area (Å²) in [5.41, 5.74) is 5.47. The largest absolute Gasteiger partial charge is 0.330 e. The average Bonchev–Trinajstić information content (AvgIpc) is 2.25. The Labute approximate surface area is 105 Å². The molecular formula is C11H25N3O2S. The van der Waals surface area contributed by atoms with Crippen LogP contribution in [-0.2, 0) is 10.0 Å². The van der Waals surface area contributed by atoms with Crippen LogP contribution in [0.5, 0.6) is 0 Å². The summed E-state index contributed by atoms with van der Waals surface area (Å²) in [6.45, 7) is 4.02. The molecule has 0 aromatic rings. The topological polar surface area (TPSA) is 66.6 Å². The molecule has 1 atom stereocenters. The van der Waals surface area contributed by atoms with E-state index in [9.17, 15) is 8.42 Å². The maximum absolute atomic E-state index is 11.5. The summed E-state index contributed by atoms with van der Waals surface area (Å²) in [4.78, 5) is 2.25. The summed E-state index contributed by atoms with van der Waals surface area (Å²) in [7, 11) is -0.938. The number of sulfonamides is 1. The van der Waals surface area contributed by atoms with Crippen molar-refractivity contribution < 1.29 is 8.42 Å². The molecule has 0 aromatic heterocycles. The number of piperidine rings is 1. The lowest BCUT2D eigenvalue weighted by molar-refractivity contribution is 0.200. The van der Waals surface area contributed by atoms with Crippen LogP contribution in [0.25, 0.3) is 0 Å². The Morgan fingerprint density at radius 1 is 1.47 bits per heavy atom. The first-order valence-corrected chi connectivity index (χ1v) is 8.12. The second kappa shape index (κ2) is 6.68. The Bertz CT molecular complexity index is 319. The standard InChI is InChI=1S/C11H25N3O2S/c1-13(7-4-6-12)9-11-5-3-8-14(10-11)17(2,15)16/h11H,3-10,12H2,1-2H3.